The van der Waals surface area contributed by atoms with Crippen molar-refractivity contribution in [1.29, 1.82) is 0 Å². The number of hydrogen-bond acceptors (Lipinski definition) is 4. The summed E-state index contributed by atoms with van der Waals surface area (Å²) in [6.07, 6.45) is 7.49. The van der Waals surface area contributed by atoms with E-state index in [0.29, 0.717) is 13.2 Å². The van der Waals surface area contributed by atoms with Crippen LogP contribution in [0.5, 0.6) is 0 Å². The second-order valence-electron chi connectivity index (χ2n) is 5.03. The van der Waals surface area contributed by atoms with Crippen LogP contribution in [0.3, 0.4) is 0 Å². The first kappa shape index (κ1) is 14.0. The van der Waals surface area contributed by atoms with Crippen molar-refractivity contribution in [2.45, 2.75) is 38.3 Å². The number of carbonyl (C=O) groups excluding carboxylic acids is 1. The van der Waals surface area contributed by atoms with E-state index in [2.05, 4.69) is 10.4 Å². The molecule has 3 N–H and O–H groups in total. The Hall–Kier alpha value is -1.40. The Morgan fingerprint density at radius 1 is 1.58 bits per heavy atom. The molecule has 6 heteroatoms. The van der Waals surface area contributed by atoms with E-state index in [1.807, 2.05) is 6.20 Å². The third-order valence-electron chi connectivity index (χ3n) is 3.58. The number of hydrogen-bond donors (Lipinski definition) is 2. The normalized spacial score (nSPS) is 23.3. The van der Waals surface area contributed by atoms with Crippen LogP contribution in [0, 0.1) is 5.92 Å². The van der Waals surface area contributed by atoms with Gasteiger partial charge in [-0.1, -0.05) is 12.8 Å². The van der Waals surface area contributed by atoms with Crippen molar-refractivity contribution >= 4 is 11.6 Å². The number of anilines is 1. The highest BCUT2D eigenvalue weighted by molar-refractivity contribution is 5.92. The minimum Gasteiger partial charge on any atom is -0.383 e. The molecule has 1 saturated carbocycles. The molecule has 0 saturated heterocycles. The van der Waals surface area contributed by atoms with Crippen molar-refractivity contribution in [3.8, 4) is 0 Å². The van der Waals surface area contributed by atoms with Crippen LogP contribution in [0.2, 0.25) is 0 Å². The van der Waals surface area contributed by atoms with Crippen LogP contribution in [0.25, 0.3) is 0 Å². The van der Waals surface area contributed by atoms with Gasteiger partial charge in [0.05, 0.1) is 31.0 Å². The SMILES string of the molecule is COCCn1cc(NC(=O)C2CCCCC2N)cn1. The molecule has 0 aromatic carbocycles. The van der Waals surface area contributed by atoms with E-state index in [1.54, 1.807) is 18.0 Å². The molecule has 1 heterocycles. The average molecular weight is 266 g/mol. The lowest BCUT2D eigenvalue weighted by Gasteiger charge is -2.27. The van der Waals surface area contributed by atoms with Crippen LogP contribution in [0.15, 0.2) is 12.4 Å². The molecular weight excluding hydrogens is 244 g/mol. The van der Waals surface area contributed by atoms with Gasteiger partial charge in [-0.2, -0.15) is 5.10 Å². The number of nitrogens with one attached hydrogen (secondary N) is 1. The summed E-state index contributed by atoms with van der Waals surface area (Å²) < 4.78 is 6.73. The first-order valence-corrected chi connectivity index (χ1v) is 6.78. The quantitative estimate of drug-likeness (QED) is 0.832. The van der Waals surface area contributed by atoms with E-state index in [1.165, 1.54) is 0 Å². The third kappa shape index (κ3) is 3.78. The van der Waals surface area contributed by atoms with Crippen LogP contribution < -0.4 is 11.1 Å². The number of methoxy groups -OCH3 is 1. The zero-order chi connectivity index (χ0) is 13.7. The summed E-state index contributed by atoms with van der Waals surface area (Å²) in [7, 11) is 1.65. The number of ether oxygens (including phenoxy) is 1. The van der Waals surface area contributed by atoms with Gasteiger partial charge in [0, 0.05) is 19.3 Å². The third-order valence-corrected chi connectivity index (χ3v) is 3.58. The molecule has 1 aromatic heterocycles. The maximum absolute atomic E-state index is 12.1. The van der Waals surface area contributed by atoms with Crippen LogP contribution in [-0.4, -0.2) is 35.4 Å². The summed E-state index contributed by atoms with van der Waals surface area (Å²) in [5.41, 5.74) is 6.73. The van der Waals surface area contributed by atoms with Crippen LogP contribution in [0.4, 0.5) is 5.69 Å². The molecule has 0 radical (unpaired) electrons. The predicted molar refractivity (Wildman–Crippen MR) is 72.7 cm³/mol. The summed E-state index contributed by atoms with van der Waals surface area (Å²) in [6.45, 7) is 1.28. The first-order valence-electron chi connectivity index (χ1n) is 6.78. The van der Waals surface area contributed by atoms with Crippen molar-refractivity contribution in [3.05, 3.63) is 12.4 Å². The van der Waals surface area contributed by atoms with E-state index in [9.17, 15) is 4.79 Å². The topological polar surface area (TPSA) is 82.2 Å². The molecule has 0 bridgehead atoms. The second kappa shape index (κ2) is 6.68. The molecule has 1 aliphatic rings. The summed E-state index contributed by atoms with van der Waals surface area (Å²) >= 11 is 0. The second-order valence-corrected chi connectivity index (χ2v) is 5.03. The molecule has 19 heavy (non-hydrogen) atoms. The summed E-state index contributed by atoms with van der Waals surface area (Å²) in [6, 6.07) is -0.0164. The molecule has 2 unspecified atom stereocenters. The number of amides is 1. The lowest BCUT2D eigenvalue weighted by atomic mass is 9.84. The number of nitrogens with zero attached hydrogens (tertiary/aromatic N) is 2. The number of nitrogens with two attached hydrogens (primary N) is 1. The van der Waals surface area contributed by atoms with Gasteiger partial charge in [0.1, 0.15) is 0 Å². The maximum Gasteiger partial charge on any atom is 0.229 e. The number of aromatic nitrogens is 2. The Labute approximate surface area is 113 Å². The van der Waals surface area contributed by atoms with Crippen molar-refractivity contribution in [3.63, 3.8) is 0 Å². The highest BCUT2D eigenvalue weighted by Gasteiger charge is 2.28. The molecule has 1 aliphatic carbocycles. The van der Waals surface area contributed by atoms with Crippen LogP contribution in [-0.2, 0) is 16.1 Å². The highest BCUT2D eigenvalue weighted by atomic mass is 16.5. The van der Waals surface area contributed by atoms with Gasteiger partial charge in [0.25, 0.3) is 0 Å². The average Bonchev–Trinajstić information content (AvgIpc) is 2.84. The fourth-order valence-electron chi connectivity index (χ4n) is 2.46. The van der Waals surface area contributed by atoms with E-state index >= 15 is 0 Å². The molecule has 0 aliphatic heterocycles. The van der Waals surface area contributed by atoms with Gasteiger partial charge >= 0.3 is 0 Å². The standard InChI is InChI=1S/C13H22N4O2/c1-19-7-6-17-9-10(8-15-17)16-13(18)11-4-2-3-5-12(11)14/h8-9,11-12H,2-7,14H2,1H3,(H,16,18). The minimum absolute atomic E-state index is 0.0125. The summed E-state index contributed by atoms with van der Waals surface area (Å²) in [5, 5.41) is 7.06. The van der Waals surface area contributed by atoms with Gasteiger partial charge < -0.3 is 15.8 Å². The smallest absolute Gasteiger partial charge is 0.229 e. The van der Waals surface area contributed by atoms with Gasteiger partial charge in [-0.05, 0) is 12.8 Å². The van der Waals surface area contributed by atoms with E-state index < -0.39 is 0 Å². The molecule has 1 amide bonds. The molecule has 1 fully saturated rings. The zero-order valence-corrected chi connectivity index (χ0v) is 11.3. The molecule has 2 rings (SSSR count). The van der Waals surface area contributed by atoms with Gasteiger partial charge in [-0.3, -0.25) is 9.48 Å². The fraction of sp³-hybridized carbons (Fsp3) is 0.692. The van der Waals surface area contributed by atoms with Gasteiger partial charge in [-0.15, -0.1) is 0 Å². The first-order chi connectivity index (χ1) is 9.20. The fourth-order valence-corrected chi connectivity index (χ4v) is 2.46. The molecule has 1 aromatic rings. The minimum atomic E-state index is -0.0731. The number of carbonyl (C=O) groups is 1. The Morgan fingerprint density at radius 3 is 3.11 bits per heavy atom. The Kier molecular flexibility index (Phi) is 4.93. The molecule has 6 nitrogen and oxygen atoms in total. The molecule has 106 valence electrons. The van der Waals surface area contributed by atoms with Gasteiger partial charge in [0.2, 0.25) is 5.91 Å². The largest absolute Gasteiger partial charge is 0.383 e. The molecular formula is C13H22N4O2. The van der Waals surface area contributed by atoms with E-state index in [4.69, 9.17) is 10.5 Å². The summed E-state index contributed by atoms with van der Waals surface area (Å²) in [5.74, 6) is -0.0606. The Morgan fingerprint density at radius 2 is 2.37 bits per heavy atom. The lowest BCUT2D eigenvalue weighted by molar-refractivity contribution is -0.121. The van der Waals surface area contributed by atoms with Crippen molar-refractivity contribution in [2.24, 2.45) is 11.7 Å². The predicted octanol–water partition coefficient (Wildman–Crippen LogP) is 0.985. The van der Waals surface area contributed by atoms with E-state index in [-0.39, 0.29) is 17.9 Å². The maximum atomic E-state index is 12.1. The van der Waals surface area contributed by atoms with Gasteiger partial charge in [0.15, 0.2) is 0 Å². The Bertz CT molecular complexity index is 419. The summed E-state index contributed by atoms with van der Waals surface area (Å²) in [4.78, 5) is 12.1. The van der Waals surface area contributed by atoms with Crippen LogP contribution in [0.1, 0.15) is 25.7 Å². The van der Waals surface area contributed by atoms with Crippen molar-refractivity contribution < 1.29 is 9.53 Å². The lowest BCUT2D eigenvalue weighted by Crippen LogP contribution is -2.40. The molecule has 2 atom stereocenters. The van der Waals surface area contributed by atoms with Crippen molar-refractivity contribution in [1.82, 2.24) is 9.78 Å². The van der Waals surface area contributed by atoms with Gasteiger partial charge in [-0.25, -0.2) is 0 Å². The zero-order valence-electron chi connectivity index (χ0n) is 11.3. The number of rotatable bonds is 5. The van der Waals surface area contributed by atoms with Crippen molar-refractivity contribution in [2.75, 3.05) is 19.0 Å². The van der Waals surface area contributed by atoms with Crippen LogP contribution >= 0.6 is 0 Å². The Balaban J connectivity index is 1.89. The van der Waals surface area contributed by atoms with E-state index in [0.717, 1.165) is 31.4 Å². The molecule has 0 spiro atoms. The monoisotopic (exact) mass is 266 g/mol. The highest BCUT2D eigenvalue weighted by Crippen LogP contribution is 2.24.